The Kier molecular flexibility index (Phi) is 4.54. The summed E-state index contributed by atoms with van der Waals surface area (Å²) in [5, 5.41) is 9.06. The first-order valence-electron chi connectivity index (χ1n) is 7.88. The van der Waals surface area contributed by atoms with Gasteiger partial charge >= 0.3 is 0 Å². The summed E-state index contributed by atoms with van der Waals surface area (Å²) in [6, 6.07) is 17.8. The second-order valence-corrected chi connectivity index (χ2v) is 5.97. The zero-order valence-electron chi connectivity index (χ0n) is 12.5. The largest absolute Gasteiger partial charge is 0.289 e. The molecule has 1 aliphatic carbocycles. The van der Waals surface area contributed by atoms with Gasteiger partial charge in [0.25, 0.3) is 5.91 Å². The van der Waals surface area contributed by atoms with Crippen LogP contribution in [-0.4, -0.2) is 11.1 Å². The fourth-order valence-corrected chi connectivity index (χ4v) is 3.43. The average Bonchev–Trinajstić information content (AvgIpc) is 3.11. The molecule has 2 aromatic carbocycles. The maximum absolute atomic E-state index is 12.1. The molecule has 3 nitrogen and oxygen atoms in total. The molecule has 2 N–H and O–H groups in total. The number of hydrogen-bond acceptors (Lipinski definition) is 2. The monoisotopic (exact) mass is 295 g/mol. The number of carbonyl (C=O) groups excluding carboxylic acids is 1. The van der Waals surface area contributed by atoms with Gasteiger partial charge in [-0.2, -0.15) is 0 Å². The van der Waals surface area contributed by atoms with Crippen LogP contribution in [0.2, 0.25) is 0 Å². The van der Waals surface area contributed by atoms with Crippen molar-refractivity contribution in [2.75, 3.05) is 0 Å². The van der Waals surface area contributed by atoms with Gasteiger partial charge in [0, 0.05) is 0 Å². The predicted octanol–water partition coefficient (Wildman–Crippen LogP) is 3.98. The molecule has 3 heteroatoms. The van der Waals surface area contributed by atoms with Gasteiger partial charge in [-0.05, 0) is 35.4 Å². The van der Waals surface area contributed by atoms with Crippen molar-refractivity contribution < 1.29 is 10.0 Å². The number of carbonyl (C=O) groups is 1. The predicted molar refractivity (Wildman–Crippen MR) is 85.9 cm³/mol. The third-order valence-electron chi connectivity index (χ3n) is 4.60. The van der Waals surface area contributed by atoms with Crippen molar-refractivity contribution in [2.24, 2.45) is 0 Å². The summed E-state index contributed by atoms with van der Waals surface area (Å²) in [5.41, 5.74) is 4.93. The molecule has 0 saturated heterocycles. The van der Waals surface area contributed by atoms with E-state index in [9.17, 15) is 4.79 Å². The van der Waals surface area contributed by atoms with E-state index in [0.29, 0.717) is 5.92 Å². The van der Waals surface area contributed by atoms with Gasteiger partial charge in [0.15, 0.2) is 0 Å². The van der Waals surface area contributed by atoms with Crippen LogP contribution in [-0.2, 0) is 4.79 Å². The molecule has 1 atom stereocenters. The summed E-state index contributed by atoms with van der Waals surface area (Å²) in [5.74, 6) is -0.223. The van der Waals surface area contributed by atoms with E-state index in [1.54, 1.807) is 5.48 Å². The summed E-state index contributed by atoms with van der Waals surface area (Å²) >= 11 is 0. The van der Waals surface area contributed by atoms with Gasteiger partial charge in [0.1, 0.15) is 0 Å². The molecule has 1 fully saturated rings. The minimum absolute atomic E-state index is 0.403. The van der Waals surface area contributed by atoms with Gasteiger partial charge in [0.05, 0.1) is 5.92 Å². The van der Waals surface area contributed by atoms with Crippen LogP contribution >= 0.6 is 0 Å². The molecule has 1 unspecified atom stereocenters. The molecule has 3 rings (SSSR count). The molecule has 0 spiro atoms. The van der Waals surface area contributed by atoms with E-state index in [1.807, 2.05) is 42.5 Å². The Balaban J connectivity index is 1.89. The molecule has 0 heterocycles. The van der Waals surface area contributed by atoms with E-state index in [-0.39, 0.29) is 0 Å². The molecule has 1 amide bonds. The number of rotatable bonds is 4. The Labute approximate surface area is 130 Å². The van der Waals surface area contributed by atoms with E-state index in [4.69, 9.17) is 5.21 Å². The normalized spacial score (nSPS) is 16.4. The van der Waals surface area contributed by atoms with Crippen LogP contribution < -0.4 is 5.48 Å². The topological polar surface area (TPSA) is 49.3 Å². The molecule has 114 valence electrons. The Morgan fingerprint density at radius 2 is 1.55 bits per heavy atom. The molecule has 0 aliphatic heterocycles. The zero-order chi connectivity index (χ0) is 15.4. The number of hydroxylamine groups is 1. The molecular weight excluding hydrogens is 274 g/mol. The Morgan fingerprint density at radius 3 is 2.14 bits per heavy atom. The zero-order valence-corrected chi connectivity index (χ0v) is 12.5. The third-order valence-corrected chi connectivity index (χ3v) is 4.60. The van der Waals surface area contributed by atoms with Crippen LogP contribution in [0.3, 0.4) is 0 Å². The Bertz CT molecular complexity index is 616. The van der Waals surface area contributed by atoms with E-state index < -0.39 is 11.8 Å². The standard InChI is InChI=1S/C19H21NO2/c21-19(20-22)18(16-8-2-1-3-9-16)17-12-10-15(11-13-17)14-6-4-5-7-14/h1-3,8-14,18,22H,4-7H2,(H,20,21). The van der Waals surface area contributed by atoms with Crippen molar-refractivity contribution in [2.45, 2.75) is 37.5 Å². The van der Waals surface area contributed by atoms with Crippen LogP contribution in [0.1, 0.15) is 54.2 Å². The first-order valence-corrected chi connectivity index (χ1v) is 7.88. The number of benzene rings is 2. The molecule has 1 aliphatic rings. The summed E-state index contributed by atoms with van der Waals surface area (Å²) < 4.78 is 0. The first-order chi connectivity index (χ1) is 10.8. The summed E-state index contributed by atoms with van der Waals surface area (Å²) in [4.78, 5) is 12.1. The maximum atomic E-state index is 12.1. The van der Waals surface area contributed by atoms with Crippen molar-refractivity contribution >= 4 is 5.91 Å². The van der Waals surface area contributed by atoms with Gasteiger partial charge in [-0.15, -0.1) is 0 Å². The number of amides is 1. The highest BCUT2D eigenvalue weighted by atomic mass is 16.5. The van der Waals surface area contributed by atoms with Crippen molar-refractivity contribution in [3.8, 4) is 0 Å². The number of nitrogens with one attached hydrogen (secondary N) is 1. The highest BCUT2D eigenvalue weighted by Crippen LogP contribution is 2.35. The SMILES string of the molecule is O=C(NO)C(c1ccccc1)c1ccc(C2CCCC2)cc1. The molecule has 0 bridgehead atoms. The van der Waals surface area contributed by atoms with Gasteiger partial charge < -0.3 is 0 Å². The molecule has 0 aromatic heterocycles. The van der Waals surface area contributed by atoms with Crippen LogP contribution in [0.4, 0.5) is 0 Å². The highest BCUT2D eigenvalue weighted by molar-refractivity contribution is 5.86. The van der Waals surface area contributed by atoms with Crippen molar-refractivity contribution in [3.63, 3.8) is 0 Å². The van der Waals surface area contributed by atoms with Crippen LogP contribution in [0.5, 0.6) is 0 Å². The van der Waals surface area contributed by atoms with E-state index in [2.05, 4.69) is 12.1 Å². The second-order valence-electron chi connectivity index (χ2n) is 5.97. The van der Waals surface area contributed by atoms with E-state index >= 15 is 0 Å². The first kappa shape index (κ1) is 14.8. The summed E-state index contributed by atoms with van der Waals surface area (Å²) in [7, 11) is 0. The second kappa shape index (κ2) is 6.75. The fourth-order valence-electron chi connectivity index (χ4n) is 3.43. The molecule has 22 heavy (non-hydrogen) atoms. The number of hydrogen-bond donors (Lipinski definition) is 2. The van der Waals surface area contributed by atoms with Crippen molar-refractivity contribution in [1.82, 2.24) is 5.48 Å². The molecule has 0 radical (unpaired) electrons. The quantitative estimate of drug-likeness (QED) is 0.662. The van der Waals surface area contributed by atoms with Crippen LogP contribution in [0, 0.1) is 0 Å². The van der Waals surface area contributed by atoms with Gasteiger partial charge in [-0.1, -0.05) is 67.4 Å². The lowest BCUT2D eigenvalue weighted by molar-refractivity contribution is -0.129. The van der Waals surface area contributed by atoms with Gasteiger partial charge in [0.2, 0.25) is 0 Å². The lowest BCUT2D eigenvalue weighted by Crippen LogP contribution is -2.27. The minimum atomic E-state index is -0.483. The van der Waals surface area contributed by atoms with Crippen LogP contribution in [0.15, 0.2) is 54.6 Å². The van der Waals surface area contributed by atoms with Crippen LogP contribution in [0.25, 0.3) is 0 Å². The smallest absolute Gasteiger partial charge is 0.255 e. The highest BCUT2D eigenvalue weighted by Gasteiger charge is 2.23. The third kappa shape index (κ3) is 3.04. The van der Waals surface area contributed by atoms with Crippen molar-refractivity contribution in [3.05, 3.63) is 71.3 Å². The minimum Gasteiger partial charge on any atom is -0.289 e. The van der Waals surface area contributed by atoms with E-state index in [1.165, 1.54) is 31.2 Å². The van der Waals surface area contributed by atoms with Gasteiger partial charge in [-0.25, -0.2) is 5.48 Å². The summed E-state index contributed by atoms with van der Waals surface area (Å²) in [6.45, 7) is 0. The average molecular weight is 295 g/mol. The molecule has 2 aromatic rings. The maximum Gasteiger partial charge on any atom is 0.255 e. The fraction of sp³-hybridized carbons (Fsp3) is 0.316. The lowest BCUT2D eigenvalue weighted by atomic mass is 9.88. The Morgan fingerprint density at radius 1 is 0.955 bits per heavy atom. The molecular formula is C19H21NO2. The Hall–Kier alpha value is -2.13. The molecule has 1 saturated carbocycles. The lowest BCUT2D eigenvalue weighted by Gasteiger charge is -2.17. The van der Waals surface area contributed by atoms with E-state index in [0.717, 1.165) is 11.1 Å². The summed E-state index contributed by atoms with van der Waals surface area (Å²) in [6.07, 6.45) is 5.15. The van der Waals surface area contributed by atoms with Gasteiger partial charge in [-0.3, -0.25) is 10.0 Å². The van der Waals surface area contributed by atoms with Crippen molar-refractivity contribution in [1.29, 1.82) is 0 Å².